The Morgan fingerprint density at radius 1 is 1.17 bits per heavy atom. The predicted octanol–water partition coefficient (Wildman–Crippen LogP) is 3.96. The van der Waals surface area contributed by atoms with Crippen molar-refractivity contribution >= 4 is 16.7 Å². The second kappa shape index (κ2) is 5.42. The molecular formula is C16H11F3N2O2. The van der Waals surface area contributed by atoms with Crippen LogP contribution >= 0.6 is 0 Å². The van der Waals surface area contributed by atoms with Crippen molar-refractivity contribution in [1.82, 2.24) is 9.78 Å². The van der Waals surface area contributed by atoms with Gasteiger partial charge < -0.3 is 5.11 Å². The van der Waals surface area contributed by atoms with Crippen molar-refractivity contribution in [2.24, 2.45) is 0 Å². The van der Waals surface area contributed by atoms with Gasteiger partial charge in [-0.15, -0.1) is 0 Å². The monoisotopic (exact) mass is 320 g/mol. The highest BCUT2D eigenvalue weighted by Gasteiger charge is 2.28. The van der Waals surface area contributed by atoms with E-state index in [0.717, 1.165) is 15.5 Å². The Morgan fingerprint density at radius 3 is 2.43 bits per heavy atom. The molecule has 0 bridgehead atoms. The average molecular weight is 320 g/mol. The van der Waals surface area contributed by atoms with E-state index in [4.69, 9.17) is 0 Å². The third-order valence-electron chi connectivity index (χ3n) is 3.40. The molecule has 0 unspecified atom stereocenters. The number of alkyl halides is 3. The molecule has 3 aromatic rings. The number of hydrogen-bond donors (Lipinski definition) is 1. The summed E-state index contributed by atoms with van der Waals surface area (Å²) in [6.07, 6.45) is -1.95. The summed E-state index contributed by atoms with van der Waals surface area (Å²) >= 11 is 0. The summed E-state index contributed by atoms with van der Waals surface area (Å²) in [7, 11) is 0. The van der Waals surface area contributed by atoms with Gasteiger partial charge in [0.25, 0.3) is 0 Å². The number of nitrogens with zero attached hydrogens (tertiary/aromatic N) is 2. The molecule has 1 N–H and O–H groups in total. The van der Waals surface area contributed by atoms with Gasteiger partial charge in [-0.2, -0.15) is 18.3 Å². The summed E-state index contributed by atoms with van der Waals surface area (Å²) in [5, 5.41) is 14.6. The zero-order valence-electron chi connectivity index (χ0n) is 11.7. The summed E-state index contributed by atoms with van der Waals surface area (Å²) < 4.78 is 38.0. The molecular weight excluding hydrogens is 309 g/mol. The van der Waals surface area contributed by atoms with Crippen LogP contribution in [-0.2, 0) is 6.54 Å². The molecule has 118 valence electrons. The largest absolute Gasteiger partial charge is 0.478 e. The molecule has 0 saturated heterocycles. The maximum absolute atomic E-state index is 12.4. The Morgan fingerprint density at radius 2 is 1.83 bits per heavy atom. The van der Waals surface area contributed by atoms with Gasteiger partial charge in [-0.3, -0.25) is 4.68 Å². The number of aromatic nitrogens is 2. The first kappa shape index (κ1) is 15.1. The van der Waals surface area contributed by atoms with Crippen molar-refractivity contribution in [3.05, 3.63) is 54.4 Å². The second-order valence-corrected chi connectivity index (χ2v) is 5.09. The fourth-order valence-electron chi connectivity index (χ4n) is 2.43. The molecule has 0 aliphatic carbocycles. The minimum atomic E-state index is -4.39. The number of halogens is 3. The highest BCUT2D eigenvalue weighted by atomic mass is 19.4. The molecule has 0 saturated carbocycles. The molecule has 23 heavy (non-hydrogen) atoms. The molecule has 2 aromatic carbocycles. The van der Waals surface area contributed by atoms with Gasteiger partial charge in [0, 0.05) is 11.8 Å². The lowest BCUT2D eigenvalue weighted by Gasteiger charge is -2.07. The van der Waals surface area contributed by atoms with Crippen molar-refractivity contribution in [3.63, 3.8) is 0 Å². The molecule has 4 nitrogen and oxygen atoms in total. The maximum Gasteiger partial charge on any atom is 0.408 e. The van der Waals surface area contributed by atoms with Crippen LogP contribution in [0.2, 0.25) is 0 Å². The fourth-order valence-corrected chi connectivity index (χ4v) is 2.43. The van der Waals surface area contributed by atoms with E-state index >= 15 is 0 Å². The first-order chi connectivity index (χ1) is 10.8. The Hall–Kier alpha value is -2.83. The molecule has 1 aromatic heterocycles. The number of fused-ring (bicyclic) bond motifs is 1. The van der Waals surface area contributed by atoms with E-state index in [-0.39, 0.29) is 5.56 Å². The van der Waals surface area contributed by atoms with Gasteiger partial charge in [0.1, 0.15) is 6.54 Å². The van der Waals surface area contributed by atoms with Crippen LogP contribution in [0.25, 0.3) is 21.9 Å². The number of benzene rings is 2. The van der Waals surface area contributed by atoms with Gasteiger partial charge >= 0.3 is 12.1 Å². The highest BCUT2D eigenvalue weighted by Crippen LogP contribution is 2.29. The van der Waals surface area contributed by atoms with Crippen LogP contribution in [0.5, 0.6) is 0 Å². The number of rotatable bonds is 3. The van der Waals surface area contributed by atoms with Crippen LogP contribution in [0.15, 0.2) is 48.8 Å². The number of carboxylic acid groups (broad SMARTS) is 1. The van der Waals surface area contributed by atoms with Crippen molar-refractivity contribution in [3.8, 4) is 11.1 Å². The number of aromatic carboxylic acids is 1. The molecule has 0 spiro atoms. The molecule has 1 heterocycles. The van der Waals surface area contributed by atoms with Gasteiger partial charge in [0.2, 0.25) is 0 Å². The molecule has 0 radical (unpaired) electrons. The van der Waals surface area contributed by atoms with E-state index in [2.05, 4.69) is 5.10 Å². The molecule has 3 rings (SSSR count). The maximum atomic E-state index is 12.4. The van der Waals surface area contributed by atoms with E-state index in [1.807, 2.05) is 6.07 Å². The average Bonchev–Trinajstić information content (AvgIpc) is 2.92. The Balaban J connectivity index is 2.11. The van der Waals surface area contributed by atoms with Crippen LogP contribution in [0.1, 0.15) is 10.4 Å². The minimum absolute atomic E-state index is 0.0234. The summed E-state index contributed by atoms with van der Waals surface area (Å²) in [5.74, 6) is -1.14. The van der Waals surface area contributed by atoms with E-state index in [0.29, 0.717) is 11.1 Å². The fraction of sp³-hybridized carbons (Fsp3) is 0.125. The minimum Gasteiger partial charge on any atom is -0.478 e. The highest BCUT2D eigenvalue weighted by molar-refractivity contribution is 6.02. The molecule has 0 amide bonds. The van der Waals surface area contributed by atoms with Crippen LogP contribution in [0, 0.1) is 0 Å². The van der Waals surface area contributed by atoms with Gasteiger partial charge in [-0.05, 0) is 28.5 Å². The van der Waals surface area contributed by atoms with E-state index in [9.17, 15) is 23.1 Å². The van der Waals surface area contributed by atoms with Gasteiger partial charge in [0.15, 0.2) is 0 Å². The number of carbonyl (C=O) groups is 1. The summed E-state index contributed by atoms with van der Waals surface area (Å²) in [5.41, 5.74) is 0.692. The third-order valence-corrected chi connectivity index (χ3v) is 3.40. The lowest BCUT2D eigenvalue weighted by molar-refractivity contribution is -0.142. The van der Waals surface area contributed by atoms with Crippen molar-refractivity contribution in [1.29, 1.82) is 0 Å². The van der Waals surface area contributed by atoms with E-state index < -0.39 is 18.7 Å². The van der Waals surface area contributed by atoms with Crippen LogP contribution in [0.4, 0.5) is 13.2 Å². The van der Waals surface area contributed by atoms with Gasteiger partial charge in [-0.25, -0.2) is 4.79 Å². The Bertz CT molecular complexity index is 884. The number of carboxylic acids is 1. The van der Waals surface area contributed by atoms with Gasteiger partial charge in [-0.1, -0.05) is 24.3 Å². The van der Waals surface area contributed by atoms with Crippen molar-refractivity contribution in [2.45, 2.75) is 12.7 Å². The molecule has 0 aliphatic heterocycles. The van der Waals surface area contributed by atoms with Crippen molar-refractivity contribution < 1.29 is 23.1 Å². The van der Waals surface area contributed by atoms with Crippen molar-refractivity contribution in [2.75, 3.05) is 0 Å². The molecule has 0 atom stereocenters. The van der Waals surface area contributed by atoms with E-state index in [1.54, 1.807) is 24.3 Å². The van der Waals surface area contributed by atoms with Crippen LogP contribution < -0.4 is 0 Å². The standard InChI is InChI=1S/C16H11F3N2O2/c17-16(18,19)9-21-8-12(7-20-21)13-5-10-3-1-2-4-11(10)6-14(13)15(22)23/h1-8H,9H2,(H,22,23). The molecule has 0 fully saturated rings. The van der Waals surface area contributed by atoms with Gasteiger partial charge in [0.05, 0.1) is 11.8 Å². The first-order valence-corrected chi connectivity index (χ1v) is 6.69. The summed E-state index contributed by atoms with van der Waals surface area (Å²) in [4.78, 5) is 11.5. The van der Waals surface area contributed by atoms with E-state index in [1.165, 1.54) is 18.5 Å². The van der Waals surface area contributed by atoms with Crippen LogP contribution in [0.3, 0.4) is 0 Å². The Labute approximate surface area is 128 Å². The molecule has 0 aliphatic rings. The normalized spacial score (nSPS) is 11.8. The zero-order chi connectivity index (χ0) is 16.6. The first-order valence-electron chi connectivity index (χ1n) is 6.69. The predicted molar refractivity (Wildman–Crippen MR) is 78.2 cm³/mol. The lowest BCUT2D eigenvalue weighted by Crippen LogP contribution is -2.17. The molecule has 7 heteroatoms. The van der Waals surface area contributed by atoms with Crippen LogP contribution in [-0.4, -0.2) is 27.0 Å². The quantitative estimate of drug-likeness (QED) is 0.794. The summed E-state index contributed by atoms with van der Waals surface area (Å²) in [6.45, 7) is -1.22. The lowest BCUT2D eigenvalue weighted by atomic mass is 9.97. The Kier molecular flexibility index (Phi) is 3.55. The smallest absolute Gasteiger partial charge is 0.408 e. The summed E-state index contributed by atoms with van der Waals surface area (Å²) in [6, 6.07) is 10.3. The number of hydrogen-bond acceptors (Lipinski definition) is 2. The SMILES string of the molecule is O=C(O)c1cc2ccccc2cc1-c1cnn(CC(F)(F)F)c1. The second-order valence-electron chi connectivity index (χ2n) is 5.09. The topological polar surface area (TPSA) is 55.1 Å². The zero-order valence-corrected chi connectivity index (χ0v) is 11.7. The third kappa shape index (κ3) is 3.18.